The molecule has 2 unspecified atom stereocenters. The average molecular weight is 301 g/mol. The number of pyridine rings is 1. The van der Waals surface area contributed by atoms with E-state index in [9.17, 15) is 0 Å². The summed E-state index contributed by atoms with van der Waals surface area (Å²) in [7, 11) is 0. The van der Waals surface area contributed by atoms with Crippen LogP contribution in [0.5, 0.6) is 0 Å². The van der Waals surface area contributed by atoms with Crippen LogP contribution in [0.4, 0.5) is 5.82 Å². The molecule has 0 aromatic carbocycles. The third-order valence-electron chi connectivity index (χ3n) is 3.22. The highest BCUT2D eigenvalue weighted by Gasteiger charge is 2.24. The topological polar surface area (TPSA) is 34.1 Å². The molecule has 106 valence electrons. The summed E-state index contributed by atoms with van der Waals surface area (Å²) in [6, 6.07) is 3.87. The standard InChI is InChI=1S/C14H21ClN2OS/c1-3-7-16-14-5-4-11(15)12(17-14)9-19-13-6-8-18-10(13)2/h4-5,10,13H,3,6-9H2,1-2H3,(H,16,17). The van der Waals surface area contributed by atoms with Crippen LogP contribution in [0, 0.1) is 0 Å². The molecule has 2 rings (SSSR count). The number of nitrogens with one attached hydrogen (secondary N) is 1. The van der Waals surface area contributed by atoms with Crippen molar-refractivity contribution in [3.8, 4) is 0 Å². The fourth-order valence-electron chi connectivity index (χ4n) is 2.05. The van der Waals surface area contributed by atoms with Crippen molar-refractivity contribution in [3.63, 3.8) is 0 Å². The van der Waals surface area contributed by atoms with Crippen molar-refractivity contribution in [1.29, 1.82) is 0 Å². The number of halogens is 1. The lowest BCUT2D eigenvalue weighted by Gasteiger charge is -2.14. The molecule has 1 fully saturated rings. The van der Waals surface area contributed by atoms with Crippen LogP contribution >= 0.6 is 23.4 Å². The lowest BCUT2D eigenvalue weighted by Crippen LogP contribution is -2.13. The number of anilines is 1. The number of hydrogen-bond donors (Lipinski definition) is 1. The van der Waals surface area contributed by atoms with Crippen molar-refractivity contribution in [2.75, 3.05) is 18.5 Å². The molecule has 1 aliphatic heterocycles. The molecule has 1 N–H and O–H groups in total. The molecule has 0 radical (unpaired) electrons. The Bertz CT molecular complexity index is 416. The van der Waals surface area contributed by atoms with Gasteiger partial charge in [0.05, 0.1) is 16.8 Å². The molecule has 1 aromatic rings. The maximum atomic E-state index is 6.22. The molecule has 1 saturated heterocycles. The van der Waals surface area contributed by atoms with E-state index in [1.165, 1.54) is 0 Å². The first kappa shape index (κ1) is 14.9. The van der Waals surface area contributed by atoms with Crippen molar-refractivity contribution < 1.29 is 4.74 Å². The zero-order valence-corrected chi connectivity index (χ0v) is 13.1. The van der Waals surface area contributed by atoms with Crippen LogP contribution in [-0.4, -0.2) is 29.5 Å². The zero-order chi connectivity index (χ0) is 13.7. The van der Waals surface area contributed by atoms with Gasteiger partial charge in [0.2, 0.25) is 0 Å². The highest BCUT2D eigenvalue weighted by atomic mass is 35.5. The van der Waals surface area contributed by atoms with Crippen LogP contribution in [0.25, 0.3) is 0 Å². The highest BCUT2D eigenvalue weighted by Crippen LogP contribution is 2.30. The fraction of sp³-hybridized carbons (Fsp3) is 0.643. The van der Waals surface area contributed by atoms with Crippen LogP contribution < -0.4 is 5.32 Å². The van der Waals surface area contributed by atoms with Crippen molar-refractivity contribution in [1.82, 2.24) is 4.98 Å². The van der Waals surface area contributed by atoms with Crippen LogP contribution in [0.1, 0.15) is 32.4 Å². The first-order valence-corrected chi connectivity index (χ1v) is 8.26. The Hall–Kier alpha value is -0.450. The quantitative estimate of drug-likeness (QED) is 0.862. The Morgan fingerprint density at radius 3 is 3.05 bits per heavy atom. The van der Waals surface area contributed by atoms with Gasteiger partial charge in [0.1, 0.15) is 5.82 Å². The molecule has 2 atom stereocenters. The SMILES string of the molecule is CCCNc1ccc(Cl)c(CSC2CCOC2C)n1. The van der Waals surface area contributed by atoms with Crippen molar-refractivity contribution in [2.45, 2.75) is 43.8 Å². The van der Waals surface area contributed by atoms with Gasteiger partial charge in [-0.25, -0.2) is 4.98 Å². The van der Waals surface area contributed by atoms with Crippen LogP contribution in [0.2, 0.25) is 5.02 Å². The van der Waals surface area contributed by atoms with E-state index in [1.54, 1.807) is 0 Å². The predicted molar refractivity (Wildman–Crippen MR) is 83.1 cm³/mol. The largest absolute Gasteiger partial charge is 0.377 e. The summed E-state index contributed by atoms with van der Waals surface area (Å²) in [5.41, 5.74) is 0.965. The van der Waals surface area contributed by atoms with Gasteiger partial charge in [-0.2, -0.15) is 0 Å². The third kappa shape index (κ3) is 4.26. The first-order chi connectivity index (χ1) is 9.20. The molecule has 1 aromatic heterocycles. The number of nitrogens with zero attached hydrogens (tertiary/aromatic N) is 1. The number of rotatable bonds is 6. The normalized spacial score (nSPS) is 22.7. The Morgan fingerprint density at radius 2 is 2.37 bits per heavy atom. The Balaban J connectivity index is 1.94. The number of thioether (sulfide) groups is 1. The molecule has 0 spiro atoms. The van der Waals surface area contributed by atoms with E-state index in [0.29, 0.717) is 11.4 Å². The maximum absolute atomic E-state index is 6.22. The second-order valence-corrected chi connectivity index (χ2v) is 6.40. The van der Waals surface area contributed by atoms with Crippen LogP contribution in [-0.2, 0) is 10.5 Å². The summed E-state index contributed by atoms with van der Waals surface area (Å²) >= 11 is 8.11. The smallest absolute Gasteiger partial charge is 0.126 e. The monoisotopic (exact) mass is 300 g/mol. The van der Waals surface area contributed by atoms with Crippen LogP contribution in [0.3, 0.4) is 0 Å². The number of hydrogen-bond acceptors (Lipinski definition) is 4. The average Bonchev–Trinajstić information content (AvgIpc) is 2.82. The van der Waals surface area contributed by atoms with E-state index < -0.39 is 0 Å². The molecule has 1 aliphatic rings. The van der Waals surface area contributed by atoms with Crippen molar-refractivity contribution in [3.05, 3.63) is 22.8 Å². The minimum absolute atomic E-state index is 0.338. The molecular weight excluding hydrogens is 280 g/mol. The third-order valence-corrected chi connectivity index (χ3v) is 5.05. The van der Waals surface area contributed by atoms with Gasteiger partial charge < -0.3 is 10.1 Å². The summed E-state index contributed by atoms with van der Waals surface area (Å²) in [6.07, 6.45) is 2.55. The van der Waals surface area contributed by atoms with E-state index in [0.717, 1.165) is 48.3 Å². The van der Waals surface area contributed by atoms with E-state index >= 15 is 0 Å². The highest BCUT2D eigenvalue weighted by molar-refractivity contribution is 7.99. The Labute approximate surface area is 124 Å². The summed E-state index contributed by atoms with van der Waals surface area (Å²) in [5, 5.41) is 4.61. The fourth-order valence-corrected chi connectivity index (χ4v) is 3.51. The number of ether oxygens (including phenoxy) is 1. The molecule has 2 heterocycles. The van der Waals surface area contributed by atoms with E-state index in [-0.39, 0.29) is 0 Å². The molecule has 19 heavy (non-hydrogen) atoms. The zero-order valence-electron chi connectivity index (χ0n) is 11.5. The van der Waals surface area contributed by atoms with Gasteiger partial charge in [0.25, 0.3) is 0 Å². The van der Waals surface area contributed by atoms with Gasteiger partial charge in [-0.3, -0.25) is 0 Å². The van der Waals surface area contributed by atoms with Crippen molar-refractivity contribution >= 4 is 29.2 Å². The van der Waals surface area contributed by atoms with Gasteiger partial charge in [-0.1, -0.05) is 18.5 Å². The summed E-state index contributed by atoms with van der Waals surface area (Å²) in [6.45, 7) is 6.09. The van der Waals surface area contributed by atoms with Gasteiger partial charge >= 0.3 is 0 Å². The van der Waals surface area contributed by atoms with E-state index in [2.05, 4.69) is 24.1 Å². The lowest BCUT2D eigenvalue weighted by atomic mass is 10.3. The second kappa shape index (κ2) is 7.36. The minimum atomic E-state index is 0.338. The lowest BCUT2D eigenvalue weighted by molar-refractivity contribution is 0.127. The maximum Gasteiger partial charge on any atom is 0.126 e. The Kier molecular flexibility index (Phi) is 5.79. The van der Waals surface area contributed by atoms with E-state index in [4.69, 9.17) is 16.3 Å². The minimum Gasteiger partial charge on any atom is -0.377 e. The molecule has 5 heteroatoms. The summed E-state index contributed by atoms with van der Waals surface area (Å²) in [5.74, 6) is 1.76. The van der Waals surface area contributed by atoms with Gasteiger partial charge in [-0.05, 0) is 31.9 Å². The summed E-state index contributed by atoms with van der Waals surface area (Å²) in [4.78, 5) is 4.59. The van der Waals surface area contributed by atoms with Crippen LogP contribution in [0.15, 0.2) is 12.1 Å². The molecule has 0 amide bonds. The van der Waals surface area contributed by atoms with E-state index in [1.807, 2.05) is 23.9 Å². The van der Waals surface area contributed by atoms with Gasteiger partial charge in [0, 0.05) is 24.2 Å². The van der Waals surface area contributed by atoms with Gasteiger partial charge in [-0.15, -0.1) is 11.8 Å². The number of aromatic nitrogens is 1. The first-order valence-electron chi connectivity index (χ1n) is 6.83. The molecular formula is C14H21ClN2OS. The predicted octanol–water partition coefficient (Wildman–Crippen LogP) is 3.97. The van der Waals surface area contributed by atoms with Crippen molar-refractivity contribution in [2.24, 2.45) is 0 Å². The summed E-state index contributed by atoms with van der Waals surface area (Å²) < 4.78 is 5.57. The second-order valence-electron chi connectivity index (χ2n) is 4.77. The molecule has 0 saturated carbocycles. The van der Waals surface area contributed by atoms with Gasteiger partial charge in [0.15, 0.2) is 0 Å². The molecule has 0 aliphatic carbocycles. The Morgan fingerprint density at radius 1 is 1.53 bits per heavy atom. The molecule has 3 nitrogen and oxygen atoms in total. The molecule has 0 bridgehead atoms.